The van der Waals surface area contributed by atoms with Gasteiger partial charge in [-0.3, -0.25) is 4.79 Å². The molecule has 1 aromatic carbocycles. The van der Waals surface area contributed by atoms with E-state index in [4.69, 9.17) is 4.74 Å². The maximum absolute atomic E-state index is 12.4. The Morgan fingerprint density at radius 2 is 1.90 bits per heavy atom. The number of aliphatic hydroxyl groups excluding tert-OH is 1. The Kier molecular flexibility index (Phi) is 5.52. The first-order valence-corrected chi connectivity index (χ1v) is 5.85. The molecule has 0 saturated carbocycles. The quantitative estimate of drug-likeness (QED) is 0.899. The summed E-state index contributed by atoms with van der Waals surface area (Å²) in [5, 5.41) is 9.50. The number of likely N-dealkylation sites (N-methyl/N-ethyl adjacent to an activating group) is 1. The summed E-state index contributed by atoms with van der Waals surface area (Å²) >= 11 is 0. The summed E-state index contributed by atoms with van der Waals surface area (Å²) in [4.78, 5) is 13.2. The third-order valence-corrected chi connectivity index (χ3v) is 2.65. The third kappa shape index (κ3) is 4.50. The fourth-order valence-corrected chi connectivity index (χ4v) is 1.67. The fraction of sp³-hybridized carbons (Fsp3) is 0.462. The van der Waals surface area contributed by atoms with Crippen molar-refractivity contribution in [2.24, 2.45) is 0 Å². The number of halogens is 3. The molecule has 0 fully saturated rings. The molecule has 0 spiro atoms. The molecule has 0 saturated heterocycles. The molecule has 7 heteroatoms. The lowest BCUT2D eigenvalue weighted by atomic mass is 10.1. The Labute approximate surface area is 114 Å². The fourth-order valence-electron chi connectivity index (χ4n) is 1.67. The van der Waals surface area contributed by atoms with Gasteiger partial charge in [-0.25, -0.2) is 0 Å². The summed E-state index contributed by atoms with van der Waals surface area (Å²) < 4.78 is 41.9. The summed E-state index contributed by atoms with van der Waals surface area (Å²) in [6, 6.07) is 3.94. The van der Waals surface area contributed by atoms with Crippen molar-refractivity contribution in [1.29, 1.82) is 0 Å². The highest BCUT2D eigenvalue weighted by Gasteiger charge is 2.30. The van der Waals surface area contributed by atoms with Crippen LogP contribution in [0.5, 0.6) is 0 Å². The molecule has 1 amide bonds. The number of methoxy groups -OCH3 is 1. The smallest absolute Gasteiger partial charge is 0.389 e. The number of aliphatic hydroxyl groups is 1. The second kappa shape index (κ2) is 6.71. The third-order valence-electron chi connectivity index (χ3n) is 2.65. The van der Waals surface area contributed by atoms with Crippen LogP contribution >= 0.6 is 0 Å². The number of carbonyl (C=O) groups excluding carboxylic acids is 1. The van der Waals surface area contributed by atoms with Crippen LogP contribution in [0.15, 0.2) is 24.3 Å². The minimum absolute atomic E-state index is 0.0354. The van der Waals surface area contributed by atoms with E-state index in [9.17, 15) is 23.1 Å². The van der Waals surface area contributed by atoms with Crippen molar-refractivity contribution in [1.82, 2.24) is 4.90 Å². The van der Waals surface area contributed by atoms with E-state index in [1.165, 1.54) is 19.1 Å². The first-order chi connectivity index (χ1) is 9.25. The van der Waals surface area contributed by atoms with Gasteiger partial charge < -0.3 is 14.7 Å². The Balaban J connectivity index is 2.72. The van der Waals surface area contributed by atoms with E-state index in [1.54, 1.807) is 0 Å². The van der Waals surface area contributed by atoms with Crippen LogP contribution in [0.25, 0.3) is 0 Å². The molecule has 1 N–H and O–H groups in total. The number of amides is 1. The highest BCUT2D eigenvalue weighted by Crippen LogP contribution is 2.29. The van der Waals surface area contributed by atoms with Gasteiger partial charge in [0, 0.05) is 26.3 Å². The first-order valence-electron chi connectivity index (χ1n) is 5.85. The largest absolute Gasteiger partial charge is 0.416 e. The Bertz CT molecular complexity index is 445. The number of alkyl halides is 3. The van der Waals surface area contributed by atoms with Crippen molar-refractivity contribution < 1.29 is 27.8 Å². The molecule has 4 nitrogen and oxygen atoms in total. The molecule has 0 aliphatic heterocycles. The molecule has 1 atom stereocenters. The lowest BCUT2D eigenvalue weighted by Gasteiger charge is -2.20. The van der Waals surface area contributed by atoms with Crippen LogP contribution in [0.1, 0.15) is 15.9 Å². The van der Waals surface area contributed by atoms with Crippen LogP contribution < -0.4 is 0 Å². The maximum atomic E-state index is 12.4. The molecule has 0 aliphatic rings. The van der Waals surface area contributed by atoms with E-state index in [0.29, 0.717) is 0 Å². The van der Waals surface area contributed by atoms with Gasteiger partial charge in [-0.1, -0.05) is 0 Å². The van der Waals surface area contributed by atoms with Gasteiger partial charge in [0.1, 0.15) is 0 Å². The summed E-state index contributed by atoms with van der Waals surface area (Å²) in [5.41, 5.74) is -0.679. The number of hydrogen-bond acceptors (Lipinski definition) is 3. The van der Waals surface area contributed by atoms with Crippen molar-refractivity contribution in [2.75, 3.05) is 27.3 Å². The van der Waals surface area contributed by atoms with Crippen LogP contribution in [0, 0.1) is 0 Å². The minimum atomic E-state index is -4.43. The van der Waals surface area contributed by atoms with Crippen molar-refractivity contribution in [3.8, 4) is 0 Å². The Hall–Kier alpha value is -1.60. The number of nitrogens with zero attached hydrogens (tertiary/aromatic N) is 1. The highest BCUT2D eigenvalue weighted by atomic mass is 19.4. The van der Waals surface area contributed by atoms with E-state index in [0.717, 1.165) is 24.3 Å². The van der Waals surface area contributed by atoms with E-state index in [-0.39, 0.29) is 18.7 Å². The Morgan fingerprint density at radius 3 is 2.35 bits per heavy atom. The molecule has 0 aliphatic carbocycles. The number of benzene rings is 1. The second-order valence-corrected chi connectivity index (χ2v) is 4.37. The van der Waals surface area contributed by atoms with Crippen molar-refractivity contribution in [3.05, 3.63) is 35.4 Å². The average molecular weight is 291 g/mol. The number of rotatable bonds is 5. The molecule has 1 rings (SSSR count). The van der Waals surface area contributed by atoms with Gasteiger partial charge in [0.2, 0.25) is 0 Å². The van der Waals surface area contributed by atoms with Gasteiger partial charge >= 0.3 is 6.18 Å². The molecule has 1 unspecified atom stereocenters. The second-order valence-electron chi connectivity index (χ2n) is 4.37. The van der Waals surface area contributed by atoms with Gasteiger partial charge in [0.25, 0.3) is 5.91 Å². The highest BCUT2D eigenvalue weighted by molar-refractivity contribution is 5.94. The summed E-state index contributed by atoms with van der Waals surface area (Å²) in [7, 11) is 2.87. The van der Waals surface area contributed by atoms with Crippen molar-refractivity contribution in [2.45, 2.75) is 12.3 Å². The lowest BCUT2D eigenvalue weighted by molar-refractivity contribution is -0.137. The van der Waals surface area contributed by atoms with Gasteiger partial charge in [-0.2, -0.15) is 13.2 Å². The average Bonchev–Trinajstić information content (AvgIpc) is 2.37. The van der Waals surface area contributed by atoms with Crippen LogP contribution in [0.4, 0.5) is 13.2 Å². The number of hydrogen-bond donors (Lipinski definition) is 1. The van der Waals surface area contributed by atoms with E-state index in [2.05, 4.69) is 0 Å². The van der Waals surface area contributed by atoms with E-state index >= 15 is 0 Å². The van der Waals surface area contributed by atoms with Crippen molar-refractivity contribution in [3.63, 3.8) is 0 Å². The van der Waals surface area contributed by atoms with E-state index in [1.807, 2.05) is 0 Å². The minimum Gasteiger partial charge on any atom is -0.389 e. The summed E-state index contributed by atoms with van der Waals surface area (Å²) in [6.45, 7) is 0.109. The Morgan fingerprint density at radius 1 is 1.35 bits per heavy atom. The van der Waals surface area contributed by atoms with Gasteiger partial charge in [-0.05, 0) is 24.3 Å². The molecule has 0 aromatic heterocycles. The van der Waals surface area contributed by atoms with Crippen molar-refractivity contribution >= 4 is 5.91 Å². The SMILES string of the molecule is COCC(O)CN(C)C(=O)c1ccc(C(F)(F)F)cc1. The predicted molar refractivity (Wildman–Crippen MR) is 66.3 cm³/mol. The van der Waals surface area contributed by atoms with Crippen LogP contribution in [-0.4, -0.2) is 49.3 Å². The molecule has 0 heterocycles. The standard InChI is InChI=1S/C13H16F3NO3/c1-17(7-11(18)8-20-2)12(19)9-3-5-10(6-4-9)13(14,15)16/h3-6,11,18H,7-8H2,1-2H3. The summed E-state index contributed by atoms with van der Waals surface area (Å²) in [6.07, 6.45) is -5.27. The molecule has 112 valence electrons. The number of ether oxygens (including phenoxy) is 1. The zero-order chi connectivity index (χ0) is 15.3. The molecule has 0 bridgehead atoms. The van der Waals surface area contributed by atoms with Crippen LogP contribution in [0.3, 0.4) is 0 Å². The van der Waals surface area contributed by atoms with E-state index < -0.39 is 23.8 Å². The molecular formula is C13H16F3NO3. The van der Waals surface area contributed by atoms with Crippen LogP contribution in [-0.2, 0) is 10.9 Å². The number of carbonyl (C=O) groups is 1. The lowest BCUT2D eigenvalue weighted by Crippen LogP contribution is -2.36. The normalized spacial score (nSPS) is 13.1. The van der Waals surface area contributed by atoms with Gasteiger partial charge in [-0.15, -0.1) is 0 Å². The summed E-state index contributed by atoms with van der Waals surface area (Å²) in [5.74, 6) is -0.464. The molecule has 20 heavy (non-hydrogen) atoms. The predicted octanol–water partition coefficient (Wildman–Crippen LogP) is 1.78. The topological polar surface area (TPSA) is 49.8 Å². The zero-order valence-corrected chi connectivity index (χ0v) is 11.1. The molecular weight excluding hydrogens is 275 g/mol. The monoisotopic (exact) mass is 291 g/mol. The van der Waals surface area contributed by atoms with Gasteiger partial charge in [0.15, 0.2) is 0 Å². The first kappa shape index (κ1) is 16.5. The zero-order valence-electron chi connectivity index (χ0n) is 11.1. The van der Waals surface area contributed by atoms with Crippen LogP contribution in [0.2, 0.25) is 0 Å². The maximum Gasteiger partial charge on any atom is 0.416 e. The molecule has 0 radical (unpaired) electrons. The molecule has 1 aromatic rings. The van der Waals surface area contributed by atoms with Gasteiger partial charge in [0.05, 0.1) is 18.3 Å².